The summed E-state index contributed by atoms with van der Waals surface area (Å²) in [5, 5.41) is 7.02. The van der Waals surface area contributed by atoms with Gasteiger partial charge < -0.3 is 26.0 Å². The van der Waals surface area contributed by atoms with Crippen LogP contribution in [0.4, 0.5) is 15.8 Å². The number of nitrogens with zero attached hydrogens (tertiary/aromatic N) is 2. The Bertz CT molecular complexity index is 1160. The average Bonchev–Trinajstić information content (AvgIpc) is 3.10. The van der Waals surface area contributed by atoms with Crippen LogP contribution in [-0.2, 0) is 6.42 Å². The van der Waals surface area contributed by atoms with Crippen molar-refractivity contribution in [3.8, 4) is 5.75 Å². The summed E-state index contributed by atoms with van der Waals surface area (Å²) >= 11 is 1.27. The van der Waals surface area contributed by atoms with E-state index in [1.165, 1.54) is 11.3 Å². The normalized spacial score (nSPS) is 18.5. The minimum Gasteiger partial charge on any atom is -0.491 e. The predicted molar refractivity (Wildman–Crippen MR) is 121 cm³/mol. The number of nitrogen functional groups attached to an aromatic ring is 1. The van der Waals surface area contributed by atoms with E-state index >= 15 is 0 Å². The van der Waals surface area contributed by atoms with Crippen LogP contribution in [0.25, 0.3) is 10.2 Å². The van der Waals surface area contributed by atoms with Crippen molar-refractivity contribution in [2.24, 2.45) is 0 Å². The van der Waals surface area contributed by atoms with Crippen LogP contribution in [0.2, 0.25) is 0 Å². The number of piperazine rings is 1. The first kappa shape index (κ1) is 20.0. The van der Waals surface area contributed by atoms with Crippen LogP contribution in [0.15, 0.2) is 24.3 Å². The molecule has 1 unspecified atom stereocenters. The van der Waals surface area contributed by atoms with Gasteiger partial charge in [0.1, 0.15) is 27.9 Å². The largest absolute Gasteiger partial charge is 0.491 e. The van der Waals surface area contributed by atoms with Gasteiger partial charge in [-0.1, -0.05) is 0 Å². The molecule has 0 radical (unpaired) electrons. The second kappa shape index (κ2) is 7.97. The number of carbonyl (C=O) groups excluding carboxylic acids is 1. The number of aryl methyl sites for hydroxylation is 1. The van der Waals surface area contributed by atoms with E-state index in [9.17, 15) is 9.18 Å². The van der Waals surface area contributed by atoms with Crippen molar-refractivity contribution in [2.45, 2.75) is 19.4 Å². The molecular weight excluding hydrogens is 417 g/mol. The molecule has 0 aliphatic carbocycles. The second-order valence-electron chi connectivity index (χ2n) is 7.98. The predicted octanol–water partition coefficient (Wildman–Crippen LogP) is 2.47. The number of ether oxygens (including phenoxy) is 1. The summed E-state index contributed by atoms with van der Waals surface area (Å²) in [7, 11) is 0. The summed E-state index contributed by atoms with van der Waals surface area (Å²) in [6, 6.07) is 6.89. The molecule has 2 aromatic heterocycles. The lowest BCUT2D eigenvalue weighted by Crippen LogP contribution is -2.44. The highest BCUT2D eigenvalue weighted by Gasteiger charge is 2.27. The number of fused-ring (bicyclic) bond motifs is 2. The highest BCUT2D eigenvalue weighted by atomic mass is 32.1. The van der Waals surface area contributed by atoms with Crippen LogP contribution in [0.3, 0.4) is 0 Å². The van der Waals surface area contributed by atoms with E-state index in [0.29, 0.717) is 28.3 Å². The summed E-state index contributed by atoms with van der Waals surface area (Å²) in [5.41, 5.74) is 8.82. The van der Waals surface area contributed by atoms with Gasteiger partial charge in [-0.2, -0.15) is 0 Å². The molecule has 2 aliphatic heterocycles. The Labute approximate surface area is 183 Å². The summed E-state index contributed by atoms with van der Waals surface area (Å²) < 4.78 is 20.8. The third-order valence-electron chi connectivity index (χ3n) is 5.79. The van der Waals surface area contributed by atoms with Crippen molar-refractivity contribution < 1.29 is 13.9 Å². The summed E-state index contributed by atoms with van der Waals surface area (Å²) in [4.78, 5) is 20.6. The lowest BCUT2D eigenvalue weighted by Gasteiger charge is -2.32. The first-order valence-electron chi connectivity index (χ1n) is 10.4. The Balaban J connectivity index is 1.33. The van der Waals surface area contributed by atoms with Gasteiger partial charge in [-0.15, -0.1) is 11.3 Å². The molecule has 4 N–H and O–H groups in total. The maximum atomic E-state index is 14.9. The fourth-order valence-corrected chi connectivity index (χ4v) is 5.17. The number of hydrogen-bond acceptors (Lipinski definition) is 7. The standard InChI is InChI=1S/C22H24FN5O2S/c1-12-2-3-15-19(24)20(31-22(15)26-12)21(29)27-13-8-16-17(23)9-14(10-18(16)30-11-13)28-6-4-25-5-7-28/h2-3,9-10,13,25H,4-8,11,24H2,1H3,(H,27,29). The molecule has 31 heavy (non-hydrogen) atoms. The van der Waals surface area contributed by atoms with E-state index in [4.69, 9.17) is 10.5 Å². The highest BCUT2D eigenvalue weighted by molar-refractivity contribution is 7.21. The van der Waals surface area contributed by atoms with Crippen molar-refractivity contribution >= 4 is 38.8 Å². The maximum Gasteiger partial charge on any atom is 0.263 e. The topological polar surface area (TPSA) is 92.5 Å². The molecule has 1 fully saturated rings. The van der Waals surface area contributed by atoms with Crippen LogP contribution in [0.1, 0.15) is 20.9 Å². The molecule has 7 nitrogen and oxygen atoms in total. The van der Waals surface area contributed by atoms with Gasteiger partial charge in [0.2, 0.25) is 0 Å². The number of halogens is 1. The maximum absolute atomic E-state index is 14.9. The zero-order valence-electron chi connectivity index (χ0n) is 17.2. The van der Waals surface area contributed by atoms with Gasteiger partial charge in [-0.25, -0.2) is 9.37 Å². The van der Waals surface area contributed by atoms with Gasteiger partial charge in [0.15, 0.2) is 0 Å². The van der Waals surface area contributed by atoms with E-state index in [-0.39, 0.29) is 24.4 Å². The summed E-state index contributed by atoms with van der Waals surface area (Å²) in [6.45, 7) is 5.61. The average molecular weight is 442 g/mol. The third-order valence-corrected chi connectivity index (χ3v) is 6.90. The molecule has 1 saturated heterocycles. The van der Waals surface area contributed by atoms with Crippen molar-refractivity contribution in [3.63, 3.8) is 0 Å². The molecule has 0 saturated carbocycles. The quantitative estimate of drug-likeness (QED) is 0.578. The third kappa shape index (κ3) is 3.79. The van der Waals surface area contributed by atoms with Gasteiger partial charge in [0, 0.05) is 61.0 Å². The van der Waals surface area contributed by atoms with Gasteiger partial charge in [0.25, 0.3) is 5.91 Å². The van der Waals surface area contributed by atoms with Crippen LogP contribution in [0.5, 0.6) is 5.75 Å². The molecule has 0 spiro atoms. The fraction of sp³-hybridized carbons (Fsp3) is 0.364. The van der Waals surface area contributed by atoms with Crippen LogP contribution < -0.4 is 26.0 Å². The number of benzene rings is 1. The Morgan fingerprint density at radius 2 is 2.16 bits per heavy atom. The van der Waals surface area contributed by atoms with Gasteiger partial charge >= 0.3 is 0 Å². The highest BCUT2D eigenvalue weighted by Crippen LogP contribution is 2.34. The molecule has 9 heteroatoms. The molecule has 1 aromatic carbocycles. The number of nitrogens with one attached hydrogen (secondary N) is 2. The number of rotatable bonds is 3. The van der Waals surface area contributed by atoms with Crippen LogP contribution >= 0.6 is 11.3 Å². The number of pyridine rings is 1. The fourth-order valence-electron chi connectivity index (χ4n) is 4.13. The van der Waals surface area contributed by atoms with Crippen molar-refractivity contribution in [3.05, 3.63) is 46.2 Å². The van der Waals surface area contributed by atoms with Gasteiger partial charge in [-0.3, -0.25) is 4.79 Å². The molecule has 0 bridgehead atoms. The Hall–Kier alpha value is -2.91. The molecule has 4 heterocycles. The van der Waals surface area contributed by atoms with E-state index in [0.717, 1.165) is 47.8 Å². The lowest BCUT2D eigenvalue weighted by atomic mass is 10.0. The number of anilines is 2. The van der Waals surface area contributed by atoms with E-state index in [2.05, 4.69) is 20.5 Å². The van der Waals surface area contributed by atoms with Gasteiger partial charge in [0.05, 0.1) is 11.7 Å². The Kier molecular flexibility index (Phi) is 5.15. The number of aromatic nitrogens is 1. The Morgan fingerprint density at radius 3 is 2.97 bits per heavy atom. The zero-order valence-corrected chi connectivity index (χ0v) is 18.0. The minimum absolute atomic E-state index is 0.283. The SMILES string of the molecule is Cc1ccc2c(N)c(C(=O)NC3COc4cc(N5CCNCC5)cc(F)c4C3)sc2n1. The monoisotopic (exact) mass is 441 g/mol. The van der Waals surface area contributed by atoms with E-state index in [1.807, 2.05) is 25.1 Å². The Morgan fingerprint density at radius 1 is 1.35 bits per heavy atom. The molecule has 1 amide bonds. The number of amides is 1. The lowest BCUT2D eigenvalue weighted by molar-refractivity contribution is 0.0919. The molecule has 162 valence electrons. The summed E-state index contributed by atoms with van der Waals surface area (Å²) in [6.07, 6.45) is 0.372. The zero-order chi connectivity index (χ0) is 21.5. The summed E-state index contributed by atoms with van der Waals surface area (Å²) in [5.74, 6) is -0.0286. The number of carbonyl (C=O) groups is 1. The smallest absolute Gasteiger partial charge is 0.263 e. The molecular formula is C22H24FN5O2S. The molecule has 1 atom stereocenters. The van der Waals surface area contributed by atoms with Gasteiger partial charge in [-0.05, 0) is 25.1 Å². The minimum atomic E-state index is -0.334. The molecule has 3 aromatic rings. The number of hydrogen-bond donors (Lipinski definition) is 3. The van der Waals surface area contributed by atoms with E-state index in [1.54, 1.807) is 6.07 Å². The van der Waals surface area contributed by atoms with Crippen molar-refractivity contribution in [2.75, 3.05) is 43.4 Å². The molecule has 2 aliphatic rings. The number of thiophene rings is 1. The molecule has 5 rings (SSSR count). The number of nitrogens with two attached hydrogens (primary N) is 1. The first-order chi connectivity index (χ1) is 15.0. The van der Waals surface area contributed by atoms with Crippen LogP contribution in [0, 0.1) is 12.7 Å². The van der Waals surface area contributed by atoms with E-state index < -0.39 is 0 Å². The first-order valence-corrected chi connectivity index (χ1v) is 11.2. The van der Waals surface area contributed by atoms with Crippen molar-refractivity contribution in [1.82, 2.24) is 15.6 Å². The van der Waals surface area contributed by atoms with Crippen molar-refractivity contribution in [1.29, 1.82) is 0 Å². The second-order valence-corrected chi connectivity index (χ2v) is 8.98. The van der Waals surface area contributed by atoms with Crippen LogP contribution in [-0.4, -0.2) is 49.7 Å².